The van der Waals surface area contributed by atoms with Gasteiger partial charge in [0.15, 0.2) is 0 Å². The molecule has 0 aromatic carbocycles. The molecule has 0 aromatic rings. The Hall–Kier alpha value is -0.610. The Bertz CT molecular complexity index is 157. The molecule has 1 N–H and O–H groups in total. The summed E-state index contributed by atoms with van der Waals surface area (Å²) in [6.45, 7) is 1.05. The van der Waals surface area contributed by atoms with Gasteiger partial charge >= 0.3 is 5.97 Å². The molecule has 0 aromatic heterocycles. The van der Waals surface area contributed by atoms with Crippen LogP contribution in [0.15, 0.2) is 0 Å². The molecule has 1 heterocycles. The summed E-state index contributed by atoms with van der Waals surface area (Å²) in [6, 6.07) is 0. The molecule has 1 saturated heterocycles. The predicted octanol–water partition coefficient (Wildman–Crippen LogP) is -0.0531. The minimum absolute atomic E-state index is 0.340. The normalized spacial score (nSPS) is 30.8. The van der Waals surface area contributed by atoms with E-state index in [1.807, 2.05) is 0 Å². The summed E-state index contributed by atoms with van der Waals surface area (Å²) in [4.78, 5) is 11.1. The van der Waals surface area contributed by atoms with Gasteiger partial charge in [-0.25, -0.2) is 0 Å². The van der Waals surface area contributed by atoms with Gasteiger partial charge in [0.25, 0.3) is 0 Å². The Kier molecular flexibility index (Phi) is 3.49. The van der Waals surface area contributed by atoms with Gasteiger partial charge in [-0.2, -0.15) is 0 Å². The zero-order valence-electron chi connectivity index (χ0n) is 7.16. The Balaban J connectivity index is 2.52. The Morgan fingerprint density at radius 1 is 1.50 bits per heavy atom. The second kappa shape index (κ2) is 4.42. The number of hydrogen-bond acceptors (Lipinski definition) is 4. The lowest BCUT2D eigenvalue weighted by molar-refractivity contribution is -0.149. The molecule has 0 unspecified atom stereocenters. The quantitative estimate of drug-likeness (QED) is 0.566. The first-order valence-corrected chi connectivity index (χ1v) is 4.09. The molecule has 70 valence electrons. The number of carbonyl (C=O) groups excluding carboxylic acids is 1. The van der Waals surface area contributed by atoms with Crippen LogP contribution in [-0.4, -0.2) is 37.5 Å². The second-order valence-corrected chi connectivity index (χ2v) is 2.89. The fourth-order valence-corrected chi connectivity index (χ4v) is 1.34. The van der Waals surface area contributed by atoms with Gasteiger partial charge in [-0.15, -0.1) is 0 Å². The van der Waals surface area contributed by atoms with Crippen LogP contribution in [0, 0.1) is 5.92 Å². The molecular weight excluding hydrogens is 160 g/mol. The Morgan fingerprint density at radius 3 is 2.83 bits per heavy atom. The van der Waals surface area contributed by atoms with Crippen molar-refractivity contribution in [1.82, 2.24) is 0 Å². The number of ether oxygens (including phenoxy) is 2. The highest BCUT2D eigenvalue weighted by Gasteiger charge is 2.28. The summed E-state index contributed by atoms with van der Waals surface area (Å²) < 4.78 is 9.68. The highest BCUT2D eigenvalue weighted by atomic mass is 16.5. The summed E-state index contributed by atoms with van der Waals surface area (Å²) in [5.41, 5.74) is 0. The molecule has 0 bridgehead atoms. The van der Waals surface area contributed by atoms with Crippen LogP contribution < -0.4 is 0 Å². The maximum atomic E-state index is 11.1. The summed E-state index contributed by atoms with van der Waals surface area (Å²) in [7, 11) is 1.33. The van der Waals surface area contributed by atoms with E-state index in [1.165, 1.54) is 7.11 Å². The third kappa shape index (κ3) is 2.19. The molecule has 1 fully saturated rings. The van der Waals surface area contributed by atoms with E-state index in [2.05, 4.69) is 4.74 Å². The van der Waals surface area contributed by atoms with Crippen molar-refractivity contribution in [2.24, 2.45) is 5.92 Å². The number of aliphatic hydroxyl groups is 1. The number of aliphatic hydroxyl groups excluding tert-OH is 1. The number of esters is 1. The topological polar surface area (TPSA) is 55.8 Å². The van der Waals surface area contributed by atoms with Crippen LogP contribution in [0.2, 0.25) is 0 Å². The van der Waals surface area contributed by atoms with Crippen LogP contribution in [0.25, 0.3) is 0 Å². The molecule has 0 radical (unpaired) electrons. The van der Waals surface area contributed by atoms with Crippen LogP contribution in [0.4, 0.5) is 0 Å². The standard InChI is InChI=1S/C8H14O4/c1-11-8(10)6-2-4-12-5-3-7(6)9/h6-7,9H,2-5H2,1H3/t6-,7-/m0/s1. The van der Waals surface area contributed by atoms with Gasteiger partial charge in [-0.1, -0.05) is 0 Å². The minimum atomic E-state index is -0.611. The van der Waals surface area contributed by atoms with E-state index < -0.39 is 12.0 Å². The van der Waals surface area contributed by atoms with Crippen molar-refractivity contribution in [2.45, 2.75) is 18.9 Å². The Labute approximate surface area is 71.5 Å². The maximum Gasteiger partial charge on any atom is 0.311 e. The molecule has 4 heteroatoms. The number of rotatable bonds is 1. The average molecular weight is 174 g/mol. The van der Waals surface area contributed by atoms with Crippen molar-refractivity contribution in [2.75, 3.05) is 20.3 Å². The molecule has 2 atom stereocenters. The molecule has 0 saturated carbocycles. The summed E-state index contributed by atoms with van der Waals surface area (Å²) in [5.74, 6) is -0.745. The molecular formula is C8H14O4. The van der Waals surface area contributed by atoms with E-state index in [4.69, 9.17) is 4.74 Å². The monoisotopic (exact) mass is 174 g/mol. The second-order valence-electron chi connectivity index (χ2n) is 2.89. The zero-order chi connectivity index (χ0) is 8.97. The summed E-state index contributed by atoms with van der Waals surface area (Å²) in [6.07, 6.45) is 0.452. The minimum Gasteiger partial charge on any atom is -0.469 e. The maximum absolute atomic E-state index is 11.1. The van der Waals surface area contributed by atoms with Crippen molar-refractivity contribution in [3.8, 4) is 0 Å². The van der Waals surface area contributed by atoms with Crippen molar-refractivity contribution < 1.29 is 19.4 Å². The van der Waals surface area contributed by atoms with Crippen LogP contribution in [0.1, 0.15) is 12.8 Å². The SMILES string of the molecule is COC(=O)[C@H]1CCOCC[C@@H]1O. The van der Waals surface area contributed by atoms with Gasteiger partial charge in [0.1, 0.15) is 0 Å². The smallest absolute Gasteiger partial charge is 0.311 e. The first kappa shape index (κ1) is 9.48. The molecule has 12 heavy (non-hydrogen) atoms. The number of hydrogen-bond donors (Lipinski definition) is 1. The van der Waals surface area contributed by atoms with E-state index in [0.29, 0.717) is 26.1 Å². The molecule has 0 amide bonds. The molecule has 1 rings (SSSR count). The third-order valence-corrected chi connectivity index (χ3v) is 2.10. The van der Waals surface area contributed by atoms with Crippen molar-refractivity contribution in [3.05, 3.63) is 0 Å². The molecule has 1 aliphatic rings. The van der Waals surface area contributed by atoms with Crippen LogP contribution >= 0.6 is 0 Å². The molecule has 1 aliphatic heterocycles. The highest BCUT2D eigenvalue weighted by molar-refractivity contribution is 5.72. The lowest BCUT2D eigenvalue weighted by Gasteiger charge is -2.16. The van der Waals surface area contributed by atoms with Crippen LogP contribution in [0.5, 0.6) is 0 Å². The van der Waals surface area contributed by atoms with E-state index in [0.717, 1.165) is 0 Å². The van der Waals surface area contributed by atoms with Gasteiger partial charge in [-0.3, -0.25) is 4.79 Å². The van der Waals surface area contributed by atoms with Gasteiger partial charge < -0.3 is 14.6 Å². The largest absolute Gasteiger partial charge is 0.469 e. The van der Waals surface area contributed by atoms with Gasteiger partial charge in [0.05, 0.1) is 19.1 Å². The number of carbonyl (C=O) groups is 1. The van der Waals surface area contributed by atoms with Gasteiger partial charge in [-0.05, 0) is 12.8 Å². The van der Waals surface area contributed by atoms with E-state index in [-0.39, 0.29) is 5.97 Å². The van der Waals surface area contributed by atoms with Crippen molar-refractivity contribution in [1.29, 1.82) is 0 Å². The van der Waals surface area contributed by atoms with Crippen LogP contribution in [0.3, 0.4) is 0 Å². The Morgan fingerprint density at radius 2 is 2.17 bits per heavy atom. The van der Waals surface area contributed by atoms with Gasteiger partial charge in [0, 0.05) is 13.2 Å². The fraction of sp³-hybridized carbons (Fsp3) is 0.875. The van der Waals surface area contributed by atoms with E-state index in [9.17, 15) is 9.90 Å². The lowest BCUT2D eigenvalue weighted by atomic mass is 9.98. The summed E-state index contributed by atoms with van der Waals surface area (Å²) >= 11 is 0. The van der Waals surface area contributed by atoms with Crippen molar-refractivity contribution >= 4 is 5.97 Å². The van der Waals surface area contributed by atoms with Gasteiger partial charge in [0.2, 0.25) is 0 Å². The zero-order valence-corrected chi connectivity index (χ0v) is 7.16. The average Bonchev–Trinajstić information content (AvgIpc) is 2.28. The first-order valence-electron chi connectivity index (χ1n) is 4.09. The predicted molar refractivity (Wildman–Crippen MR) is 41.6 cm³/mol. The first-order chi connectivity index (χ1) is 5.75. The molecule has 0 aliphatic carbocycles. The lowest BCUT2D eigenvalue weighted by Crippen LogP contribution is -2.28. The van der Waals surface area contributed by atoms with E-state index in [1.54, 1.807) is 0 Å². The molecule has 4 nitrogen and oxygen atoms in total. The fourth-order valence-electron chi connectivity index (χ4n) is 1.34. The summed E-state index contributed by atoms with van der Waals surface area (Å²) in [5, 5.41) is 9.47. The third-order valence-electron chi connectivity index (χ3n) is 2.10. The van der Waals surface area contributed by atoms with Crippen molar-refractivity contribution in [3.63, 3.8) is 0 Å². The molecule has 0 spiro atoms. The highest BCUT2D eigenvalue weighted by Crippen LogP contribution is 2.17. The van der Waals surface area contributed by atoms with Crippen LogP contribution in [-0.2, 0) is 14.3 Å². The van der Waals surface area contributed by atoms with E-state index >= 15 is 0 Å². The number of methoxy groups -OCH3 is 1.